The van der Waals surface area contributed by atoms with Crippen molar-refractivity contribution in [2.24, 2.45) is 0 Å². The zero-order chi connectivity index (χ0) is 13.3. The van der Waals surface area contributed by atoms with E-state index in [0.717, 1.165) is 0 Å². The molecule has 6 heteroatoms. The van der Waals surface area contributed by atoms with E-state index in [-0.39, 0.29) is 11.1 Å². The third kappa shape index (κ3) is 2.56. The van der Waals surface area contributed by atoms with E-state index in [1.165, 1.54) is 12.1 Å². The van der Waals surface area contributed by atoms with Gasteiger partial charge in [0, 0.05) is 24.4 Å². The van der Waals surface area contributed by atoms with E-state index in [0.29, 0.717) is 17.2 Å². The lowest BCUT2D eigenvalue weighted by molar-refractivity contribution is 0.534. The maximum absolute atomic E-state index is 13.3. The molecule has 0 aliphatic carbocycles. The molecule has 0 aliphatic rings. The number of hydrogen-bond donors (Lipinski definition) is 2. The molecule has 0 saturated carbocycles. The molecule has 0 spiro atoms. The molecule has 0 saturated heterocycles. The van der Waals surface area contributed by atoms with Crippen molar-refractivity contribution in [2.75, 3.05) is 11.1 Å². The average Bonchev–Trinajstić information content (AvgIpc) is 2.74. The number of aromatic nitrogens is 2. The van der Waals surface area contributed by atoms with Gasteiger partial charge >= 0.3 is 0 Å². The lowest BCUT2D eigenvalue weighted by Crippen LogP contribution is -2.03. The van der Waals surface area contributed by atoms with Crippen molar-refractivity contribution in [2.45, 2.75) is 19.9 Å². The summed E-state index contributed by atoms with van der Waals surface area (Å²) >= 11 is 5.63. The predicted molar refractivity (Wildman–Crippen MR) is 71.7 cm³/mol. The first kappa shape index (κ1) is 12.7. The molecule has 4 nitrogen and oxygen atoms in total. The van der Waals surface area contributed by atoms with Crippen LogP contribution in [0.2, 0.25) is 5.02 Å². The Kier molecular flexibility index (Phi) is 3.43. The molecule has 0 amide bonds. The summed E-state index contributed by atoms with van der Waals surface area (Å²) in [6, 6.07) is 4.69. The van der Waals surface area contributed by atoms with Crippen LogP contribution in [0, 0.1) is 5.82 Å². The summed E-state index contributed by atoms with van der Waals surface area (Å²) < 4.78 is 15.1. The van der Waals surface area contributed by atoms with Crippen LogP contribution in [-0.2, 0) is 0 Å². The second-order valence-corrected chi connectivity index (χ2v) is 4.66. The van der Waals surface area contributed by atoms with Crippen molar-refractivity contribution in [1.82, 2.24) is 9.78 Å². The molecule has 0 radical (unpaired) electrons. The van der Waals surface area contributed by atoms with Gasteiger partial charge in [0.05, 0.1) is 16.4 Å². The van der Waals surface area contributed by atoms with Gasteiger partial charge in [0.15, 0.2) is 5.82 Å². The minimum absolute atomic E-state index is 0.00533. The number of nitrogens with zero attached hydrogens (tertiary/aromatic N) is 2. The van der Waals surface area contributed by atoms with Crippen molar-refractivity contribution in [3.05, 3.63) is 35.2 Å². The Balaban J connectivity index is 2.25. The summed E-state index contributed by atoms with van der Waals surface area (Å²) in [5, 5.41) is 7.26. The van der Waals surface area contributed by atoms with Gasteiger partial charge in [0.2, 0.25) is 0 Å². The summed E-state index contributed by atoms with van der Waals surface area (Å²) in [7, 11) is 0. The van der Waals surface area contributed by atoms with Gasteiger partial charge in [-0.15, -0.1) is 0 Å². The monoisotopic (exact) mass is 268 g/mol. The van der Waals surface area contributed by atoms with Gasteiger partial charge in [-0.05, 0) is 19.9 Å². The molecule has 0 atom stereocenters. The van der Waals surface area contributed by atoms with Gasteiger partial charge in [-0.1, -0.05) is 11.6 Å². The lowest BCUT2D eigenvalue weighted by atomic mass is 10.2. The Morgan fingerprint density at radius 3 is 2.78 bits per heavy atom. The minimum Gasteiger partial charge on any atom is -0.397 e. The van der Waals surface area contributed by atoms with Crippen LogP contribution in [0.25, 0.3) is 0 Å². The van der Waals surface area contributed by atoms with Gasteiger partial charge in [-0.3, -0.25) is 4.68 Å². The highest BCUT2D eigenvalue weighted by atomic mass is 35.5. The molecule has 1 aromatic heterocycles. The van der Waals surface area contributed by atoms with E-state index < -0.39 is 5.82 Å². The van der Waals surface area contributed by atoms with Crippen molar-refractivity contribution in [3.63, 3.8) is 0 Å². The smallest absolute Gasteiger partial charge is 0.152 e. The van der Waals surface area contributed by atoms with Crippen LogP contribution in [0.4, 0.5) is 21.6 Å². The molecule has 18 heavy (non-hydrogen) atoms. The number of rotatable bonds is 3. The van der Waals surface area contributed by atoms with Gasteiger partial charge in [-0.25, -0.2) is 4.39 Å². The first-order valence-electron chi connectivity index (χ1n) is 5.54. The third-order valence-corrected chi connectivity index (χ3v) is 2.78. The van der Waals surface area contributed by atoms with Crippen molar-refractivity contribution >= 4 is 28.8 Å². The Hall–Kier alpha value is -1.75. The molecular weight excluding hydrogens is 255 g/mol. The second-order valence-electron chi connectivity index (χ2n) is 4.25. The Bertz CT molecular complexity index is 565. The van der Waals surface area contributed by atoms with Crippen molar-refractivity contribution < 1.29 is 4.39 Å². The highest BCUT2D eigenvalue weighted by Gasteiger charge is 2.08. The topological polar surface area (TPSA) is 55.9 Å². The second kappa shape index (κ2) is 4.86. The van der Waals surface area contributed by atoms with Crippen molar-refractivity contribution in [3.8, 4) is 0 Å². The van der Waals surface area contributed by atoms with Crippen LogP contribution in [0.5, 0.6) is 0 Å². The van der Waals surface area contributed by atoms with Gasteiger partial charge in [0.25, 0.3) is 0 Å². The number of halogens is 2. The molecule has 2 aromatic rings. The number of nitrogen functional groups attached to an aromatic ring is 1. The van der Waals surface area contributed by atoms with Gasteiger partial charge < -0.3 is 11.1 Å². The fourth-order valence-electron chi connectivity index (χ4n) is 1.50. The molecule has 0 fully saturated rings. The van der Waals surface area contributed by atoms with E-state index in [1.54, 1.807) is 10.7 Å². The molecule has 96 valence electrons. The highest BCUT2D eigenvalue weighted by Crippen LogP contribution is 2.28. The summed E-state index contributed by atoms with van der Waals surface area (Å²) in [5.41, 5.74) is 6.58. The van der Waals surface area contributed by atoms with E-state index in [9.17, 15) is 4.39 Å². The van der Waals surface area contributed by atoms with Crippen LogP contribution < -0.4 is 11.1 Å². The molecule has 0 bridgehead atoms. The molecular formula is C12H14ClFN4. The first-order chi connectivity index (χ1) is 8.47. The number of nitrogens with one attached hydrogen (secondary N) is 1. The Labute approximate surface area is 110 Å². The normalized spacial score (nSPS) is 10.9. The minimum atomic E-state index is -0.517. The Morgan fingerprint density at radius 2 is 2.17 bits per heavy atom. The van der Waals surface area contributed by atoms with Crippen LogP contribution in [-0.4, -0.2) is 9.78 Å². The number of nitrogens with two attached hydrogens (primary N) is 1. The standard InChI is InChI=1S/C12H14ClFN4/c1-7(2)18-4-3-12(17-18)16-11-6-9(14)8(13)5-10(11)15/h3-7H,15H2,1-2H3,(H,16,17). The summed E-state index contributed by atoms with van der Waals surface area (Å²) in [6.07, 6.45) is 1.84. The number of hydrogen-bond acceptors (Lipinski definition) is 3. The van der Waals surface area contributed by atoms with Crippen LogP contribution >= 0.6 is 11.6 Å². The first-order valence-corrected chi connectivity index (χ1v) is 5.92. The summed E-state index contributed by atoms with van der Waals surface area (Å²) in [5.74, 6) is 0.0915. The van der Waals surface area contributed by atoms with E-state index in [2.05, 4.69) is 10.4 Å². The molecule has 0 aliphatic heterocycles. The quantitative estimate of drug-likeness (QED) is 0.837. The molecule has 0 unspecified atom stereocenters. The van der Waals surface area contributed by atoms with Gasteiger partial charge in [-0.2, -0.15) is 5.10 Å². The van der Waals surface area contributed by atoms with E-state index in [1.807, 2.05) is 20.0 Å². The average molecular weight is 269 g/mol. The van der Waals surface area contributed by atoms with Crippen LogP contribution in [0.1, 0.15) is 19.9 Å². The SMILES string of the molecule is CC(C)n1ccc(Nc2cc(F)c(Cl)cc2N)n1. The lowest BCUT2D eigenvalue weighted by Gasteiger charge is -2.08. The maximum atomic E-state index is 13.3. The maximum Gasteiger partial charge on any atom is 0.152 e. The molecule has 3 N–H and O–H groups in total. The van der Waals surface area contributed by atoms with E-state index in [4.69, 9.17) is 17.3 Å². The fraction of sp³-hybridized carbons (Fsp3) is 0.250. The zero-order valence-corrected chi connectivity index (χ0v) is 10.9. The molecule has 1 aromatic carbocycles. The zero-order valence-electron chi connectivity index (χ0n) is 10.1. The van der Waals surface area contributed by atoms with Crippen LogP contribution in [0.15, 0.2) is 24.4 Å². The largest absolute Gasteiger partial charge is 0.397 e. The number of anilines is 3. The fourth-order valence-corrected chi connectivity index (χ4v) is 1.67. The summed E-state index contributed by atoms with van der Waals surface area (Å²) in [6.45, 7) is 4.04. The molecule has 1 heterocycles. The highest BCUT2D eigenvalue weighted by molar-refractivity contribution is 6.31. The van der Waals surface area contributed by atoms with Crippen molar-refractivity contribution in [1.29, 1.82) is 0 Å². The van der Waals surface area contributed by atoms with Crippen LogP contribution in [0.3, 0.4) is 0 Å². The predicted octanol–water partition coefficient (Wildman–Crippen LogP) is 3.58. The number of benzene rings is 1. The summed E-state index contributed by atoms with van der Waals surface area (Å²) in [4.78, 5) is 0. The Morgan fingerprint density at radius 1 is 1.44 bits per heavy atom. The third-order valence-electron chi connectivity index (χ3n) is 2.49. The van der Waals surface area contributed by atoms with E-state index >= 15 is 0 Å². The van der Waals surface area contributed by atoms with Gasteiger partial charge in [0.1, 0.15) is 5.82 Å². The molecule has 2 rings (SSSR count).